The Kier molecular flexibility index (Phi) is 7.49. The van der Waals surface area contributed by atoms with Gasteiger partial charge in [0, 0.05) is 16.7 Å². The van der Waals surface area contributed by atoms with Crippen LogP contribution in [0.5, 0.6) is 5.75 Å². The van der Waals surface area contributed by atoms with Crippen molar-refractivity contribution in [2.24, 2.45) is 0 Å². The van der Waals surface area contributed by atoms with Gasteiger partial charge in [0.25, 0.3) is 5.91 Å². The third-order valence-corrected chi connectivity index (χ3v) is 6.19. The van der Waals surface area contributed by atoms with Gasteiger partial charge in [-0.05, 0) is 43.7 Å². The van der Waals surface area contributed by atoms with Gasteiger partial charge in [-0.1, -0.05) is 48.5 Å². The largest absolute Gasteiger partial charge is 0.494 e. The molecular weight excluding hydrogens is 474 g/mol. The van der Waals surface area contributed by atoms with Crippen LogP contribution in [0.2, 0.25) is 5.02 Å². The number of rotatable bonds is 9. The molecule has 0 spiro atoms. The molecule has 0 atom stereocenters. The van der Waals surface area contributed by atoms with E-state index in [2.05, 4.69) is 15.3 Å². The van der Waals surface area contributed by atoms with E-state index >= 15 is 0 Å². The van der Waals surface area contributed by atoms with Gasteiger partial charge in [-0.3, -0.25) is 14.9 Å². The first-order valence-electron chi connectivity index (χ1n) is 10.8. The number of amides is 1. The standard InChI is InChI=1S/C25H22ClN3O4S/c1-3-13-34-25-27-14-18(26)21(28-25)23(31)29-24-20(17-7-5-6-8-19(17)33-24)22(30)15-9-11-16(12-10-15)32-4-2/h5-12,14H,3-4,13H2,1-2H3,(H,29,31). The SMILES string of the molecule is CCCSc1ncc(Cl)c(C(=O)Nc2oc3ccccc3c2C(=O)c2ccc(OCC)cc2)n1. The molecule has 0 bridgehead atoms. The topological polar surface area (TPSA) is 94.3 Å². The quantitative estimate of drug-likeness (QED) is 0.166. The van der Waals surface area contributed by atoms with Crippen molar-refractivity contribution >= 4 is 51.9 Å². The predicted molar refractivity (Wildman–Crippen MR) is 133 cm³/mol. The number of hydrogen-bond donors (Lipinski definition) is 1. The average Bonchev–Trinajstić information content (AvgIpc) is 3.21. The molecule has 2 aromatic carbocycles. The Morgan fingerprint density at radius 1 is 1.12 bits per heavy atom. The third kappa shape index (κ3) is 5.08. The Labute approximate surface area is 205 Å². The van der Waals surface area contributed by atoms with E-state index in [1.165, 1.54) is 18.0 Å². The molecule has 0 saturated carbocycles. The van der Waals surface area contributed by atoms with Crippen LogP contribution in [0.3, 0.4) is 0 Å². The first-order chi connectivity index (χ1) is 16.5. The number of hydrogen-bond acceptors (Lipinski definition) is 7. The number of nitrogens with one attached hydrogen (secondary N) is 1. The molecular formula is C25H22ClN3O4S. The number of benzene rings is 2. The highest BCUT2D eigenvalue weighted by molar-refractivity contribution is 7.99. The molecule has 0 aliphatic heterocycles. The van der Waals surface area contributed by atoms with Crippen molar-refractivity contribution in [2.45, 2.75) is 25.4 Å². The molecule has 2 aromatic heterocycles. The Morgan fingerprint density at radius 2 is 1.88 bits per heavy atom. The Balaban J connectivity index is 1.69. The smallest absolute Gasteiger partial charge is 0.278 e. The van der Waals surface area contributed by atoms with Gasteiger partial charge < -0.3 is 9.15 Å². The van der Waals surface area contributed by atoms with E-state index in [0.717, 1.165) is 12.2 Å². The highest BCUT2D eigenvalue weighted by Crippen LogP contribution is 2.33. The Bertz CT molecular complexity index is 1340. The molecule has 4 aromatic rings. The van der Waals surface area contributed by atoms with E-state index in [9.17, 15) is 9.59 Å². The number of carbonyl (C=O) groups is 2. The lowest BCUT2D eigenvalue weighted by molar-refractivity contribution is 0.101. The van der Waals surface area contributed by atoms with Gasteiger partial charge >= 0.3 is 0 Å². The minimum absolute atomic E-state index is 0.00944. The molecule has 0 radical (unpaired) electrons. The van der Waals surface area contributed by atoms with E-state index < -0.39 is 5.91 Å². The summed E-state index contributed by atoms with van der Waals surface area (Å²) in [6, 6.07) is 13.9. The number of ether oxygens (including phenoxy) is 1. The highest BCUT2D eigenvalue weighted by atomic mass is 35.5. The molecule has 9 heteroatoms. The van der Waals surface area contributed by atoms with E-state index in [-0.39, 0.29) is 27.9 Å². The molecule has 0 fully saturated rings. The van der Waals surface area contributed by atoms with Crippen LogP contribution in [0.1, 0.15) is 46.7 Å². The Hall–Kier alpha value is -3.36. The summed E-state index contributed by atoms with van der Waals surface area (Å²) in [7, 11) is 0. The van der Waals surface area contributed by atoms with Crippen LogP contribution in [0.25, 0.3) is 11.0 Å². The minimum atomic E-state index is -0.592. The molecule has 1 N–H and O–H groups in total. The van der Waals surface area contributed by atoms with Crippen LogP contribution in [-0.4, -0.2) is 34.0 Å². The molecule has 1 amide bonds. The molecule has 34 heavy (non-hydrogen) atoms. The number of para-hydroxylation sites is 1. The number of furan rings is 1. The molecule has 7 nitrogen and oxygen atoms in total. The van der Waals surface area contributed by atoms with Gasteiger partial charge in [0.15, 0.2) is 16.6 Å². The summed E-state index contributed by atoms with van der Waals surface area (Å²) in [6.07, 6.45) is 2.33. The van der Waals surface area contributed by atoms with Gasteiger partial charge in [0.05, 0.1) is 23.4 Å². The van der Waals surface area contributed by atoms with Crippen LogP contribution in [-0.2, 0) is 0 Å². The van der Waals surface area contributed by atoms with Gasteiger partial charge in [0.1, 0.15) is 11.3 Å². The first kappa shape index (κ1) is 23.8. The maximum Gasteiger partial charge on any atom is 0.278 e. The lowest BCUT2D eigenvalue weighted by Gasteiger charge is -2.08. The lowest BCUT2D eigenvalue weighted by Crippen LogP contribution is -2.17. The first-order valence-corrected chi connectivity index (χ1v) is 12.1. The van der Waals surface area contributed by atoms with E-state index in [0.29, 0.717) is 34.0 Å². The average molecular weight is 496 g/mol. The number of nitrogens with zero attached hydrogens (tertiary/aromatic N) is 2. The second kappa shape index (κ2) is 10.7. The summed E-state index contributed by atoms with van der Waals surface area (Å²) in [5.41, 5.74) is 1.16. The van der Waals surface area contributed by atoms with Crippen LogP contribution >= 0.6 is 23.4 Å². The van der Waals surface area contributed by atoms with E-state index in [1.54, 1.807) is 48.5 Å². The zero-order valence-electron chi connectivity index (χ0n) is 18.6. The number of ketones is 1. The van der Waals surface area contributed by atoms with Crippen molar-refractivity contribution in [1.82, 2.24) is 9.97 Å². The zero-order chi connectivity index (χ0) is 24.1. The molecule has 4 rings (SSSR count). The van der Waals surface area contributed by atoms with Crippen LogP contribution in [0.4, 0.5) is 5.88 Å². The van der Waals surface area contributed by atoms with Crippen molar-refractivity contribution in [1.29, 1.82) is 0 Å². The third-order valence-electron chi connectivity index (χ3n) is 4.85. The fraction of sp³-hybridized carbons (Fsp3) is 0.200. The van der Waals surface area contributed by atoms with Crippen LogP contribution in [0.15, 0.2) is 64.3 Å². The second-order valence-electron chi connectivity index (χ2n) is 7.24. The van der Waals surface area contributed by atoms with Crippen molar-refractivity contribution in [3.8, 4) is 5.75 Å². The van der Waals surface area contributed by atoms with Crippen molar-refractivity contribution in [2.75, 3.05) is 17.7 Å². The van der Waals surface area contributed by atoms with E-state index in [4.69, 9.17) is 20.8 Å². The molecule has 0 unspecified atom stereocenters. The molecule has 0 saturated heterocycles. The summed E-state index contributed by atoms with van der Waals surface area (Å²) in [4.78, 5) is 35.0. The number of thioether (sulfide) groups is 1. The lowest BCUT2D eigenvalue weighted by atomic mass is 10.0. The number of carbonyl (C=O) groups excluding carboxylic acids is 2. The fourth-order valence-corrected chi connectivity index (χ4v) is 4.15. The monoisotopic (exact) mass is 495 g/mol. The summed E-state index contributed by atoms with van der Waals surface area (Å²) >= 11 is 7.64. The normalized spacial score (nSPS) is 10.9. The van der Waals surface area contributed by atoms with E-state index in [1.807, 2.05) is 13.8 Å². The van der Waals surface area contributed by atoms with Crippen molar-refractivity contribution in [3.63, 3.8) is 0 Å². The van der Waals surface area contributed by atoms with Crippen LogP contribution < -0.4 is 10.1 Å². The van der Waals surface area contributed by atoms with Gasteiger partial charge in [-0.2, -0.15) is 0 Å². The summed E-state index contributed by atoms with van der Waals surface area (Å²) in [5, 5.41) is 3.83. The summed E-state index contributed by atoms with van der Waals surface area (Å²) < 4.78 is 11.3. The molecule has 174 valence electrons. The zero-order valence-corrected chi connectivity index (χ0v) is 20.2. The van der Waals surface area contributed by atoms with Crippen molar-refractivity contribution < 1.29 is 18.7 Å². The number of fused-ring (bicyclic) bond motifs is 1. The van der Waals surface area contributed by atoms with Crippen molar-refractivity contribution in [3.05, 3.63) is 76.6 Å². The van der Waals surface area contributed by atoms with Gasteiger partial charge in [-0.25, -0.2) is 9.97 Å². The van der Waals surface area contributed by atoms with Gasteiger partial charge in [-0.15, -0.1) is 0 Å². The summed E-state index contributed by atoms with van der Waals surface area (Å²) in [5.74, 6) is 0.622. The van der Waals surface area contributed by atoms with Crippen LogP contribution in [0, 0.1) is 0 Å². The maximum absolute atomic E-state index is 13.5. The highest BCUT2D eigenvalue weighted by Gasteiger charge is 2.25. The second-order valence-corrected chi connectivity index (χ2v) is 8.71. The fourth-order valence-electron chi connectivity index (χ4n) is 3.31. The minimum Gasteiger partial charge on any atom is -0.494 e. The van der Waals surface area contributed by atoms with Gasteiger partial charge in [0.2, 0.25) is 5.88 Å². The molecule has 0 aliphatic rings. The number of aromatic nitrogens is 2. The molecule has 2 heterocycles. The summed E-state index contributed by atoms with van der Waals surface area (Å²) in [6.45, 7) is 4.46. The molecule has 0 aliphatic carbocycles. The predicted octanol–water partition coefficient (Wildman–Crippen LogP) is 6.26. The maximum atomic E-state index is 13.5. The Morgan fingerprint density at radius 3 is 2.62 bits per heavy atom. The number of halogens is 1. The number of anilines is 1.